The lowest BCUT2D eigenvalue weighted by molar-refractivity contribution is -0.117. The van der Waals surface area contributed by atoms with Gasteiger partial charge in [0.1, 0.15) is 6.54 Å². The van der Waals surface area contributed by atoms with Gasteiger partial charge in [-0.2, -0.15) is 9.90 Å². The highest BCUT2D eigenvalue weighted by molar-refractivity contribution is 6.31. The van der Waals surface area contributed by atoms with Crippen LogP contribution in [0, 0.1) is 6.92 Å². The smallest absolute Gasteiger partial charge is 0.322 e. The molecule has 2 N–H and O–H groups in total. The number of anilines is 2. The molecule has 122 valence electrons. The molecular formula is C14H17ClN6O2. The predicted molar refractivity (Wildman–Crippen MR) is 87.5 cm³/mol. The molecule has 0 radical (unpaired) electrons. The second-order valence-corrected chi connectivity index (χ2v) is 5.45. The van der Waals surface area contributed by atoms with Crippen molar-refractivity contribution < 1.29 is 9.59 Å². The fourth-order valence-corrected chi connectivity index (χ4v) is 1.89. The molecule has 0 aliphatic heterocycles. The number of rotatable bonds is 4. The number of carbonyl (C=O) groups is 2. The van der Waals surface area contributed by atoms with Crippen molar-refractivity contribution in [2.45, 2.75) is 13.5 Å². The Bertz CT molecular complexity index is 728. The van der Waals surface area contributed by atoms with Crippen molar-refractivity contribution in [2.24, 2.45) is 0 Å². The number of nitrogens with zero attached hydrogens (tertiary/aromatic N) is 4. The van der Waals surface area contributed by atoms with Crippen LogP contribution in [0.25, 0.3) is 0 Å². The Kier molecular flexibility index (Phi) is 5.17. The van der Waals surface area contributed by atoms with Gasteiger partial charge >= 0.3 is 6.03 Å². The van der Waals surface area contributed by atoms with E-state index < -0.39 is 0 Å². The van der Waals surface area contributed by atoms with Crippen LogP contribution in [0.2, 0.25) is 5.02 Å². The van der Waals surface area contributed by atoms with Gasteiger partial charge in [0.25, 0.3) is 0 Å². The van der Waals surface area contributed by atoms with Gasteiger partial charge in [0.2, 0.25) is 5.91 Å². The molecule has 3 amide bonds. The summed E-state index contributed by atoms with van der Waals surface area (Å²) < 4.78 is 0. The van der Waals surface area contributed by atoms with Crippen molar-refractivity contribution in [1.29, 1.82) is 0 Å². The Hall–Kier alpha value is -2.61. The number of hydrogen-bond acceptors (Lipinski definition) is 4. The molecule has 2 aromatic rings. The number of carbonyl (C=O) groups excluding carboxylic acids is 2. The number of aromatic nitrogens is 3. The molecule has 1 aromatic heterocycles. The van der Waals surface area contributed by atoms with Crippen LogP contribution in [0.15, 0.2) is 24.4 Å². The average Bonchev–Trinajstić information content (AvgIpc) is 2.90. The first-order valence-electron chi connectivity index (χ1n) is 6.80. The van der Waals surface area contributed by atoms with Gasteiger partial charge in [0.15, 0.2) is 5.82 Å². The number of benzene rings is 1. The minimum absolute atomic E-state index is 0.0796. The first-order valence-corrected chi connectivity index (χ1v) is 7.18. The maximum Gasteiger partial charge on any atom is 0.322 e. The van der Waals surface area contributed by atoms with Crippen molar-refractivity contribution in [1.82, 2.24) is 19.9 Å². The first-order chi connectivity index (χ1) is 10.9. The lowest BCUT2D eigenvalue weighted by Gasteiger charge is -2.09. The number of amides is 3. The molecule has 0 saturated carbocycles. The fraction of sp³-hybridized carbons (Fsp3) is 0.286. The van der Waals surface area contributed by atoms with Gasteiger partial charge < -0.3 is 10.2 Å². The van der Waals surface area contributed by atoms with Crippen LogP contribution in [0.3, 0.4) is 0 Å². The summed E-state index contributed by atoms with van der Waals surface area (Å²) in [6.07, 6.45) is 1.37. The molecule has 0 unspecified atom stereocenters. The lowest BCUT2D eigenvalue weighted by atomic mass is 10.2. The van der Waals surface area contributed by atoms with Crippen molar-refractivity contribution in [3.8, 4) is 0 Å². The average molecular weight is 337 g/mol. The highest BCUT2D eigenvalue weighted by Crippen LogP contribution is 2.22. The molecule has 8 nitrogen and oxygen atoms in total. The minimum atomic E-state index is -0.323. The van der Waals surface area contributed by atoms with E-state index in [1.165, 1.54) is 15.9 Å². The van der Waals surface area contributed by atoms with E-state index >= 15 is 0 Å². The van der Waals surface area contributed by atoms with Gasteiger partial charge in [-0.3, -0.25) is 10.1 Å². The van der Waals surface area contributed by atoms with Crippen LogP contribution in [0.4, 0.5) is 16.3 Å². The van der Waals surface area contributed by atoms with E-state index in [-0.39, 0.29) is 24.3 Å². The van der Waals surface area contributed by atoms with Crippen molar-refractivity contribution >= 4 is 35.0 Å². The van der Waals surface area contributed by atoms with E-state index in [2.05, 4.69) is 20.8 Å². The molecular weight excluding hydrogens is 320 g/mol. The largest absolute Gasteiger partial charge is 0.331 e. The normalized spacial score (nSPS) is 10.3. The number of halogens is 1. The summed E-state index contributed by atoms with van der Waals surface area (Å²) in [5.74, 6) is -0.0214. The highest BCUT2D eigenvalue weighted by atomic mass is 35.5. The monoisotopic (exact) mass is 336 g/mol. The molecule has 2 rings (SSSR count). The number of nitrogens with one attached hydrogen (secondary N) is 2. The number of urea groups is 1. The van der Waals surface area contributed by atoms with Gasteiger partial charge in [-0.1, -0.05) is 17.7 Å². The quantitative estimate of drug-likeness (QED) is 0.892. The predicted octanol–water partition coefficient (Wildman–Crippen LogP) is 1.97. The fourth-order valence-electron chi connectivity index (χ4n) is 1.71. The second kappa shape index (κ2) is 7.10. The molecule has 1 aromatic carbocycles. The summed E-state index contributed by atoms with van der Waals surface area (Å²) >= 11 is 6.01. The van der Waals surface area contributed by atoms with Crippen LogP contribution >= 0.6 is 11.6 Å². The molecule has 0 aliphatic carbocycles. The Balaban J connectivity index is 1.97. The van der Waals surface area contributed by atoms with Gasteiger partial charge in [-0.15, -0.1) is 5.10 Å². The van der Waals surface area contributed by atoms with Crippen LogP contribution in [-0.2, 0) is 11.3 Å². The Morgan fingerprint density at radius 1 is 1.30 bits per heavy atom. The summed E-state index contributed by atoms with van der Waals surface area (Å²) in [6, 6.07) is 4.95. The van der Waals surface area contributed by atoms with Crippen LogP contribution in [0.1, 0.15) is 5.56 Å². The SMILES string of the molecule is Cc1c(Cl)cccc1NC(=O)Cn1ncc(NC(=O)N(C)C)n1. The molecule has 23 heavy (non-hydrogen) atoms. The second-order valence-electron chi connectivity index (χ2n) is 5.05. The third-order valence-corrected chi connectivity index (χ3v) is 3.41. The lowest BCUT2D eigenvalue weighted by Crippen LogP contribution is -2.27. The summed E-state index contributed by atoms with van der Waals surface area (Å²) in [5, 5.41) is 13.8. The van der Waals surface area contributed by atoms with Crippen molar-refractivity contribution in [3.05, 3.63) is 35.0 Å². The maximum absolute atomic E-state index is 12.0. The Morgan fingerprint density at radius 3 is 2.74 bits per heavy atom. The van der Waals surface area contributed by atoms with Crippen LogP contribution < -0.4 is 10.6 Å². The van der Waals surface area contributed by atoms with E-state index in [1.54, 1.807) is 32.3 Å². The molecule has 0 saturated heterocycles. The zero-order valence-electron chi connectivity index (χ0n) is 13.0. The van der Waals surface area contributed by atoms with Gasteiger partial charge in [-0.25, -0.2) is 4.79 Å². The van der Waals surface area contributed by atoms with E-state index in [9.17, 15) is 9.59 Å². The van der Waals surface area contributed by atoms with Gasteiger partial charge in [0.05, 0.1) is 6.20 Å². The topological polar surface area (TPSA) is 92.2 Å². The molecule has 9 heteroatoms. The molecule has 0 spiro atoms. The molecule has 0 fully saturated rings. The van der Waals surface area contributed by atoms with Gasteiger partial charge in [0, 0.05) is 24.8 Å². The third-order valence-electron chi connectivity index (χ3n) is 3.00. The van der Waals surface area contributed by atoms with E-state index in [0.717, 1.165) is 5.56 Å². The Morgan fingerprint density at radius 2 is 2.04 bits per heavy atom. The molecule has 0 atom stereocenters. The molecule has 1 heterocycles. The zero-order chi connectivity index (χ0) is 17.0. The van der Waals surface area contributed by atoms with E-state index in [1.807, 2.05) is 6.92 Å². The van der Waals surface area contributed by atoms with Crippen molar-refractivity contribution in [3.63, 3.8) is 0 Å². The van der Waals surface area contributed by atoms with E-state index in [0.29, 0.717) is 10.7 Å². The van der Waals surface area contributed by atoms with Crippen molar-refractivity contribution in [2.75, 3.05) is 24.7 Å². The summed E-state index contributed by atoms with van der Waals surface area (Å²) in [6.45, 7) is 1.74. The molecule has 0 bridgehead atoms. The summed E-state index contributed by atoms with van der Waals surface area (Å²) in [7, 11) is 3.22. The zero-order valence-corrected chi connectivity index (χ0v) is 13.8. The van der Waals surface area contributed by atoms with Crippen LogP contribution in [-0.4, -0.2) is 45.9 Å². The summed E-state index contributed by atoms with van der Waals surface area (Å²) in [4.78, 5) is 26.1. The van der Waals surface area contributed by atoms with Gasteiger partial charge in [-0.05, 0) is 24.6 Å². The standard InChI is InChI=1S/C14H17ClN6O2/c1-9-10(15)5-4-6-11(9)17-13(22)8-21-16-7-12(19-21)18-14(23)20(2)3/h4-7H,8H2,1-3H3,(H,17,22)(H,18,19,23). The van der Waals surface area contributed by atoms with E-state index in [4.69, 9.17) is 11.6 Å². The first kappa shape index (κ1) is 16.8. The minimum Gasteiger partial charge on any atom is -0.331 e. The van der Waals surface area contributed by atoms with Crippen LogP contribution in [0.5, 0.6) is 0 Å². The molecule has 0 aliphatic rings. The third kappa shape index (κ3) is 4.43. The Labute approximate surface area is 138 Å². The maximum atomic E-state index is 12.0. The number of hydrogen-bond donors (Lipinski definition) is 2. The highest BCUT2D eigenvalue weighted by Gasteiger charge is 2.11. The summed E-state index contributed by atoms with van der Waals surface area (Å²) in [5.41, 5.74) is 1.42.